The normalized spacial score (nSPS) is 13.5. The van der Waals surface area contributed by atoms with Crippen LogP contribution in [0.1, 0.15) is 98.3 Å². The number of imidazole rings is 4. The number of alkyl halides is 15. The van der Waals surface area contributed by atoms with Crippen LogP contribution in [0.25, 0.3) is 78.7 Å². The summed E-state index contributed by atoms with van der Waals surface area (Å²) in [5.41, 5.74) is 17.0. The van der Waals surface area contributed by atoms with E-state index in [1.165, 1.54) is 186 Å². The van der Waals surface area contributed by atoms with Gasteiger partial charge >= 0.3 is 38.9 Å². The number of hydrogen-bond acceptors (Lipinski definition) is 20. The molecule has 0 radical (unpaired) electrons. The summed E-state index contributed by atoms with van der Waals surface area (Å²) < 4.78 is 210. The van der Waals surface area contributed by atoms with Crippen LogP contribution in [0.4, 0.5) is 77.4 Å². The molecule has 0 bridgehead atoms. The van der Waals surface area contributed by atoms with Gasteiger partial charge < -0.3 is 59.9 Å². The maximum atomic E-state index is 12.5. The molecule has 2 aliphatic rings. The molecule has 2 saturated carbocycles. The highest BCUT2D eigenvalue weighted by Crippen LogP contribution is 2.57. The highest BCUT2D eigenvalue weighted by Gasteiger charge is 2.38. The number of para-hydroxylation sites is 1. The van der Waals surface area contributed by atoms with Crippen LogP contribution < -0.4 is 50.4 Å². The minimum absolute atomic E-state index is 0. The number of nitrogens with zero attached hydrogens (tertiary/aromatic N) is 13. The van der Waals surface area contributed by atoms with Gasteiger partial charge in [0.1, 0.15) is 49.5 Å². The molecule has 44 heteroatoms. The van der Waals surface area contributed by atoms with Crippen molar-refractivity contribution in [1.82, 2.24) is 58.4 Å². The zero-order valence-electron chi connectivity index (χ0n) is 73.4. The van der Waals surface area contributed by atoms with Gasteiger partial charge in [-0.2, -0.15) is 15.3 Å². The van der Waals surface area contributed by atoms with Crippen LogP contribution in [-0.2, 0) is 0 Å². The molecule has 2 unspecified atom stereocenters. The molecule has 0 aliphatic heterocycles. The van der Waals surface area contributed by atoms with Gasteiger partial charge in [-0.05, 0) is 197 Å². The summed E-state index contributed by atoms with van der Waals surface area (Å²) in [6.45, 7) is 3.95. The Bertz CT molecular complexity index is 6380. The highest BCUT2D eigenvalue weighted by atomic mass is 79.9. The lowest BCUT2D eigenvalue weighted by Gasteiger charge is -2.39. The van der Waals surface area contributed by atoms with Gasteiger partial charge in [0.2, 0.25) is 0 Å². The Morgan fingerprint density at radius 2 is 0.819 bits per heavy atom. The minimum atomic E-state index is -4.84. The summed E-state index contributed by atoms with van der Waals surface area (Å²) in [5, 5.41) is 57.2. The second-order valence-corrected chi connectivity index (χ2v) is 35.2. The van der Waals surface area contributed by atoms with Crippen LogP contribution in [-0.4, -0.2) is 168 Å². The van der Waals surface area contributed by atoms with Gasteiger partial charge in [-0.3, -0.25) is 0 Å². The number of aromatic nitrogens is 12. The SMILES string of the molecule is C.CCC(CO)Nc1ccc2ncc(-c3cccc(OC(F)(F)F)c3)n2n1.CCC(N)CO.CN(C)c1ccccc1-c1ccccc1P(C1CCCCC1)C1CCCCC1.Clc1ccc2ncc(Br)n2n1.FC(F)(F)Oc1cccc(-c2ccc3ncc(-c4cccc(OC(F)(F)F)c4)n3n2)c1.FC(F)(F)Oc1cccc(-c2cnc3ccc(Cl)nn23)c1.OB(O)c1cccc(OC(F)(F)F)c1. The zero-order valence-corrected chi connectivity index (χ0v) is 77.3. The molecule has 138 heavy (non-hydrogen) atoms. The molecule has 8 heterocycles. The predicted octanol–water partition coefficient (Wildman–Crippen LogP) is 23.2. The highest BCUT2D eigenvalue weighted by molar-refractivity contribution is 9.10. The molecular formula is C94H95BBrCl2F15N15O9P. The number of anilines is 2. The molecule has 8 aromatic heterocycles. The van der Waals surface area contributed by atoms with E-state index < -0.39 is 56.2 Å². The lowest BCUT2D eigenvalue weighted by molar-refractivity contribution is -0.275. The quantitative estimate of drug-likeness (QED) is 0.0221. The third-order valence-corrected chi connectivity index (χ3v) is 25.3. The molecule has 7 aromatic carbocycles. The van der Waals surface area contributed by atoms with Gasteiger partial charge in [-0.1, -0.05) is 194 Å². The maximum absolute atomic E-state index is 12.5. The fraction of sp³-hybridized carbons (Fsp3) is 0.298. The van der Waals surface area contributed by atoms with Gasteiger partial charge in [0.25, 0.3) is 0 Å². The lowest BCUT2D eigenvalue weighted by atomic mass is 9.80. The van der Waals surface area contributed by atoms with E-state index in [9.17, 15) is 71.0 Å². The van der Waals surface area contributed by atoms with Crippen molar-refractivity contribution < 1.29 is 110 Å². The average Bonchev–Trinajstić information content (AvgIpc) is 1.60. The van der Waals surface area contributed by atoms with Crippen molar-refractivity contribution in [1.29, 1.82) is 0 Å². The Morgan fingerprint density at radius 1 is 0.442 bits per heavy atom. The molecule has 7 N–H and O–H groups in total. The monoisotopic (exact) mass is 2050 g/mol. The first kappa shape index (κ1) is 108. The summed E-state index contributed by atoms with van der Waals surface area (Å²) in [7, 11) is 2.45. The Balaban J connectivity index is 0.000000173. The average molecular weight is 2060 g/mol. The van der Waals surface area contributed by atoms with Crippen molar-refractivity contribution in [3.8, 4) is 84.9 Å². The van der Waals surface area contributed by atoms with E-state index in [4.69, 9.17) is 44.1 Å². The number of ether oxygens (including phenoxy) is 5. The number of aliphatic hydroxyl groups excluding tert-OH is 2. The summed E-state index contributed by atoms with van der Waals surface area (Å²) in [4.78, 5) is 18.8. The van der Waals surface area contributed by atoms with Gasteiger partial charge in [0.05, 0.1) is 66.8 Å². The number of nitrogens with one attached hydrogen (secondary N) is 1. The second kappa shape index (κ2) is 49.5. The number of benzene rings is 7. The fourth-order valence-corrected chi connectivity index (χ4v) is 19.2. The first-order valence-electron chi connectivity index (χ1n) is 42.5. The lowest BCUT2D eigenvalue weighted by Crippen LogP contribution is -2.30. The Kier molecular flexibility index (Phi) is 38.7. The Morgan fingerprint density at radius 3 is 1.24 bits per heavy atom. The number of hydrogen-bond donors (Lipinski definition) is 6. The molecule has 2 fully saturated rings. The van der Waals surface area contributed by atoms with Gasteiger partial charge in [0, 0.05) is 53.6 Å². The van der Waals surface area contributed by atoms with Crippen LogP contribution in [0, 0.1) is 0 Å². The third-order valence-electron chi connectivity index (χ3n) is 20.8. The molecule has 0 saturated heterocycles. The smallest absolute Gasteiger partial charge is 0.423 e. The van der Waals surface area contributed by atoms with Crippen LogP contribution in [0.3, 0.4) is 0 Å². The summed E-state index contributed by atoms with van der Waals surface area (Å²) >= 11 is 14.8. The molecule has 17 rings (SSSR count). The number of fused-ring (bicyclic) bond motifs is 4. The minimum Gasteiger partial charge on any atom is -0.423 e. The van der Waals surface area contributed by atoms with E-state index in [-0.39, 0.29) is 62.8 Å². The molecule has 2 atom stereocenters. The maximum Gasteiger partial charge on any atom is 0.573 e. The Labute approximate surface area is 802 Å². The van der Waals surface area contributed by atoms with Crippen molar-refractivity contribution in [3.05, 3.63) is 258 Å². The summed E-state index contributed by atoms with van der Waals surface area (Å²) in [5.74, 6) is -1.39. The fourth-order valence-electron chi connectivity index (χ4n) is 14.6. The van der Waals surface area contributed by atoms with Crippen LogP contribution >= 0.6 is 47.1 Å². The number of nitrogens with two attached hydrogens (primary N) is 1. The van der Waals surface area contributed by atoms with Gasteiger partial charge in [-0.15, -0.1) is 71.0 Å². The third kappa shape index (κ3) is 32.3. The van der Waals surface area contributed by atoms with Crippen molar-refractivity contribution in [2.45, 2.75) is 154 Å². The van der Waals surface area contributed by atoms with Gasteiger partial charge in [0.15, 0.2) is 22.6 Å². The van der Waals surface area contributed by atoms with E-state index in [2.05, 4.69) is 153 Å². The van der Waals surface area contributed by atoms with Crippen LogP contribution in [0.15, 0.2) is 248 Å². The predicted molar refractivity (Wildman–Crippen MR) is 504 cm³/mol. The van der Waals surface area contributed by atoms with Crippen molar-refractivity contribution in [2.75, 3.05) is 37.5 Å². The molecule has 2 aliphatic carbocycles. The second-order valence-electron chi connectivity index (χ2n) is 30.8. The van der Waals surface area contributed by atoms with E-state index in [0.29, 0.717) is 79.4 Å². The number of halogens is 18. The molecule has 734 valence electrons. The van der Waals surface area contributed by atoms with Crippen LogP contribution in [0.5, 0.6) is 28.7 Å². The molecular weight excluding hydrogens is 1960 g/mol. The van der Waals surface area contributed by atoms with E-state index in [1.54, 1.807) is 88.8 Å². The standard InChI is InChI=1S/C26H36NP.C20H11F6N3O2.C17H17F3N4O2.C13H7ClF3N3O.C7H6BF3O3.C6H3BrClN3.C4H11NO.CH4/c1-27(2)25-19-11-9-17-23(25)24-18-10-12-20-26(24)28(21-13-5-3-6-14-21)22-15-7-4-8-16-22;21-19(22,23)30-14-5-1-3-12(9-14)16-7-8-18-27-11-17(29(18)28-16)13-4-2-6-15(10-13)31-20(24,25)26;1-2-12(10-25)22-15-6-7-16-21-9-14(24(16)23-15)11-4-3-5-13(8-11)26-17(18,19)20;14-11-4-5-12-18-7-10(20(12)19-11)8-2-1-3-9(6-8)21-13(15,16)17;9-7(10,11)14-6-3-1-2-5(4-6)8(12)13;7-4-3-9-6-2-1-5(8)10-11(4)6;1-2-4(5)3-6;/h9-12,17-22H,3-8,13-16H2,1-2H3;1-11H;3-9,12,25H,2,10H2,1H3,(H,22,23);1-7H;1-4,12-13H;1-3H;4,6H,2-3,5H2,1H3;1H4. The molecule has 0 amide bonds. The topological polar surface area (TPSA) is 289 Å². The largest absolute Gasteiger partial charge is 0.573 e. The summed E-state index contributed by atoms with van der Waals surface area (Å²) in [6.07, 6.45) is -1.68. The van der Waals surface area contributed by atoms with E-state index in [0.717, 1.165) is 52.3 Å². The van der Waals surface area contributed by atoms with Crippen molar-refractivity contribution in [2.24, 2.45) is 5.73 Å². The molecule has 24 nitrogen and oxygen atoms in total. The summed E-state index contributed by atoms with van der Waals surface area (Å²) in [6, 6.07) is 57.9. The van der Waals surface area contributed by atoms with E-state index in [1.807, 2.05) is 13.8 Å². The Hall–Kier alpha value is -12.1. The first-order valence-corrected chi connectivity index (χ1v) is 45.5. The zero-order chi connectivity index (χ0) is 98.9. The number of aliphatic hydroxyl groups is 2. The first-order chi connectivity index (χ1) is 65.1. The van der Waals surface area contributed by atoms with Crippen LogP contribution in [0.2, 0.25) is 10.3 Å². The molecule has 0 spiro atoms. The molecule has 15 aromatic rings. The van der Waals surface area contributed by atoms with Crippen molar-refractivity contribution >= 4 is 99.0 Å². The van der Waals surface area contributed by atoms with Crippen molar-refractivity contribution in [3.63, 3.8) is 0 Å². The van der Waals surface area contributed by atoms with E-state index >= 15 is 0 Å². The number of rotatable bonds is 21. The van der Waals surface area contributed by atoms with Gasteiger partial charge in [-0.25, -0.2) is 38.0 Å².